The average Bonchev–Trinajstić information content (AvgIpc) is 3.37. The van der Waals surface area contributed by atoms with E-state index in [0.717, 1.165) is 19.3 Å². The number of aliphatic hydroxyl groups is 1. The first-order valence-electron chi connectivity index (χ1n) is 13.5. The molecule has 0 aromatic heterocycles. The summed E-state index contributed by atoms with van der Waals surface area (Å²) < 4.78 is 12.4. The predicted molar refractivity (Wildman–Crippen MR) is 137 cm³/mol. The molecule has 3 aliphatic heterocycles. The van der Waals surface area contributed by atoms with Crippen LogP contribution in [-0.4, -0.2) is 82.3 Å². The van der Waals surface area contributed by atoms with Crippen molar-refractivity contribution in [1.82, 2.24) is 9.80 Å². The van der Waals surface area contributed by atoms with Crippen molar-refractivity contribution in [1.29, 1.82) is 0 Å². The van der Waals surface area contributed by atoms with Crippen molar-refractivity contribution in [3.8, 4) is 0 Å². The first-order chi connectivity index (χ1) is 17.2. The number of allylic oxidation sites excluding steroid dienone is 1. The monoisotopic (exact) mass is 504 g/mol. The van der Waals surface area contributed by atoms with E-state index in [1.807, 2.05) is 20.8 Å². The van der Waals surface area contributed by atoms with E-state index in [1.165, 1.54) is 4.90 Å². The molecule has 36 heavy (non-hydrogen) atoms. The molecular weight excluding hydrogens is 460 g/mol. The Morgan fingerprint density at radius 3 is 2.61 bits per heavy atom. The molecular formula is C28H44N2O6. The number of rotatable bonds is 14. The zero-order valence-corrected chi connectivity index (χ0v) is 22.4. The molecule has 0 saturated carbocycles. The van der Waals surface area contributed by atoms with Gasteiger partial charge < -0.3 is 24.4 Å². The molecule has 8 nitrogen and oxygen atoms in total. The van der Waals surface area contributed by atoms with Crippen LogP contribution in [0.5, 0.6) is 0 Å². The Hall–Kier alpha value is -2.19. The van der Waals surface area contributed by atoms with E-state index in [4.69, 9.17) is 9.47 Å². The third-order valence-corrected chi connectivity index (χ3v) is 8.56. The number of hydrogen-bond acceptors (Lipinski definition) is 6. The smallest absolute Gasteiger partial charge is 0.312 e. The molecule has 1 N–H and O–H groups in total. The summed E-state index contributed by atoms with van der Waals surface area (Å²) in [5.41, 5.74) is -2.05. The van der Waals surface area contributed by atoms with Gasteiger partial charge in [-0.15, -0.1) is 13.2 Å². The van der Waals surface area contributed by atoms with E-state index in [2.05, 4.69) is 20.1 Å². The fourth-order valence-corrected chi connectivity index (χ4v) is 6.58. The molecule has 2 amide bonds. The van der Waals surface area contributed by atoms with Crippen molar-refractivity contribution >= 4 is 17.8 Å². The molecule has 3 unspecified atom stereocenters. The number of fused-ring (bicyclic) bond motifs is 1. The number of carbonyl (C=O) groups excluding carboxylic acids is 3. The number of unbranched alkanes of at least 4 members (excludes halogenated alkanes) is 2. The molecule has 0 aromatic carbocycles. The van der Waals surface area contributed by atoms with Crippen LogP contribution in [0, 0.1) is 17.8 Å². The number of carbonyl (C=O) groups is 3. The standard InChI is InChI=1S/C28H44N2O6/c1-7-11-13-16-35-26(34)22-21-24(32)30(20(10-4)18-31)23(25(33)29(14-9-3)15-12-8-2)28(21)17-19(5)27(22,6)36-28/h7,9,19-23,31H,1,3,8,10-18H2,2,4-6H3/t19?,20-,21-,22+,23?,27-,28?/m0/s1. The maximum Gasteiger partial charge on any atom is 0.312 e. The Bertz CT molecular complexity index is 857. The number of aliphatic hydroxyl groups excluding tert-OH is 1. The molecule has 3 heterocycles. The van der Waals surface area contributed by atoms with Crippen LogP contribution >= 0.6 is 0 Å². The Morgan fingerprint density at radius 1 is 1.31 bits per heavy atom. The lowest BCUT2D eigenvalue weighted by Crippen LogP contribution is -2.59. The lowest BCUT2D eigenvalue weighted by molar-refractivity contribution is -0.163. The first-order valence-corrected chi connectivity index (χ1v) is 13.5. The second-order valence-electron chi connectivity index (χ2n) is 10.7. The van der Waals surface area contributed by atoms with Crippen molar-refractivity contribution in [2.24, 2.45) is 17.8 Å². The van der Waals surface area contributed by atoms with Gasteiger partial charge in [0.15, 0.2) is 0 Å². The summed E-state index contributed by atoms with van der Waals surface area (Å²) >= 11 is 0. The highest BCUT2D eigenvalue weighted by Gasteiger charge is 2.80. The van der Waals surface area contributed by atoms with Gasteiger partial charge in [-0.1, -0.05) is 39.3 Å². The van der Waals surface area contributed by atoms with E-state index in [1.54, 1.807) is 17.1 Å². The second kappa shape index (κ2) is 11.5. The fraction of sp³-hybridized carbons (Fsp3) is 0.750. The third kappa shape index (κ3) is 4.51. The first kappa shape index (κ1) is 28.4. The lowest BCUT2D eigenvalue weighted by Gasteiger charge is -2.39. The van der Waals surface area contributed by atoms with Gasteiger partial charge in [-0.25, -0.2) is 0 Å². The Labute approximate surface area is 215 Å². The maximum absolute atomic E-state index is 14.2. The minimum absolute atomic E-state index is 0.0553. The zero-order valence-electron chi connectivity index (χ0n) is 22.4. The van der Waals surface area contributed by atoms with Gasteiger partial charge in [0.1, 0.15) is 17.6 Å². The normalized spacial score (nSPS) is 33.4. The zero-order chi connectivity index (χ0) is 26.7. The van der Waals surface area contributed by atoms with Crippen molar-refractivity contribution in [2.75, 3.05) is 26.3 Å². The topological polar surface area (TPSA) is 96.4 Å². The van der Waals surface area contributed by atoms with Crippen molar-refractivity contribution in [3.63, 3.8) is 0 Å². The van der Waals surface area contributed by atoms with Gasteiger partial charge in [0.25, 0.3) is 0 Å². The van der Waals surface area contributed by atoms with E-state index in [9.17, 15) is 19.5 Å². The second-order valence-corrected chi connectivity index (χ2v) is 10.7. The number of esters is 1. The molecule has 7 atom stereocenters. The average molecular weight is 505 g/mol. The van der Waals surface area contributed by atoms with Crippen LogP contribution in [0.3, 0.4) is 0 Å². The van der Waals surface area contributed by atoms with Crippen LogP contribution in [-0.2, 0) is 23.9 Å². The SMILES string of the molecule is C=CCCCOC(=O)[C@H]1[C@H]2C(=O)N([C@@H](CC)CO)C(C(=O)N(CC=C)CCCC)C23CC(C)[C@]1(C)O3. The minimum Gasteiger partial charge on any atom is -0.465 e. The Morgan fingerprint density at radius 2 is 2.03 bits per heavy atom. The molecule has 3 fully saturated rings. The summed E-state index contributed by atoms with van der Waals surface area (Å²) in [6.07, 6.45) is 7.55. The number of hydrogen-bond donors (Lipinski definition) is 1. The van der Waals surface area contributed by atoms with Gasteiger partial charge in [0.05, 0.1) is 30.8 Å². The van der Waals surface area contributed by atoms with Gasteiger partial charge >= 0.3 is 5.97 Å². The summed E-state index contributed by atoms with van der Waals surface area (Å²) in [5, 5.41) is 10.2. The van der Waals surface area contributed by atoms with Crippen LogP contribution in [0.15, 0.2) is 25.3 Å². The quantitative estimate of drug-likeness (QED) is 0.222. The molecule has 0 radical (unpaired) electrons. The van der Waals surface area contributed by atoms with E-state index in [0.29, 0.717) is 32.4 Å². The van der Waals surface area contributed by atoms with Crippen LogP contribution in [0.25, 0.3) is 0 Å². The summed E-state index contributed by atoms with van der Waals surface area (Å²) in [5.74, 6) is -2.64. The summed E-state index contributed by atoms with van der Waals surface area (Å²) in [6.45, 7) is 16.2. The number of amides is 2. The van der Waals surface area contributed by atoms with Gasteiger partial charge in [-0.05, 0) is 44.9 Å². The van der Waals surface area contributed by atoms with Crippen LogP contribution in [0.4, 0.5) is 0 Å². The number of likely N-dealkylation sites (tertiary alicyclic amines) is 1. The molecule has 8 heteroatoms. The predicted octanol–water partition coefficient (Wildman–Crippen LogP) is 3.09. The van der Waals surface area contributed by atoms with E-state index >= 15 is 0 Å². The third-order valence-electron chi connectivity index (χ3n) is 8.56. The fourth-order valence-electron chi connectivity index (χ4n) is 6.58. The number of ether oxygens (including phenoxy) is 2. The van der Waals surface area contributed by atoms with Gasteiger partial charge in [0, 0.05) is 13.1 Å². The van der Waals surface area contributed by atoms with Crippen LogP contribution < -0.4 is 0 Å². The molecule has 202 valence electrons. The summed E-state index contributed by atoms with van der Waals surface area (Å²) in [6, 6.07) is -1.45. The molecule has 2 bridgehead atoms. The molecule has 0 aliphatic carbocycles. The van der Waals surface area contributed by atoms with E-state index in [-0.39, 0.29) is 30.9 Å². The Kier molecular flexibility index (Phi) is 9.04. The minimum atomic E-state index is -1.14. The molecule has 3 aliphatic rings. The Balaban J connectivity index is 2.06. The lowest BCUT2D eigenvalue weighted by atomic mass is 9.62. The summed E-state index contributed by atoms with van der Waals surface area (Å²) in [4.78, 5) is 45.0. The van der Waals surface area contributed by atoms with Gasteiger partial charge in [-0.2, -0.15) is 0 Å². The number of nitrogens with zero attached hydrogens (tertiary/aromatic N) is 2. The van der Waals surface area contributed by atoms with Gasteiger partial charge in [-0.3, -0.25) is 14.4 Å². The molecule has 1 spiro atoms. The summed E-state index contributed by atoms with van der Waals surface area (Å²) in [7, 11) is 0. The largest absolute Gasteiger partial charge is 0.465 e. The molecule has 3 saturated heterocycles. The van der Waals surface area contributed by atoms with Crippen LogP contribution in [0.2, 0.25) is 0 Å². The maximum atomic E-state index is 14.2. The highest BCUT2D eigenvalue weighted by Crippen LogP contribution is 2.65. The van der Waals surface area contributed by atoms with Crippen molar-refractivity contribution < 1.29 is 29.0 Å². The molecule has 0 aromatic rings. The van der Waals surface area contributed by atoms with Crippen molar-refractivity contribution in [2.45, 2.75) is 89.5 Å². The highest BCUT2D eigenvalue weighted by atomic mass is 16.6. The highest BCUT2D eigenvalue weighted by molar-refractivity contribution is 5.98. The van der Waals surface area contributed by atoms with Crippen molar-refractivity contribution in [3.05, 3.63) is 25.3 Å². The van der Waals surface area contributed by atoms with Gasteiger partial charge in [0.2, 0.25) is 11.8 Å². The molecule has 3 rings (SSSR count). The van der Waals surface area contributed by atoms with E-state index < -0.39 is 41.1 Å². The van der Waals surface area contributed by atoms with Crippen LogP contribution in [0.1, 0.15) is 66.2 Å².